The van der Waals surface area contributed by atoms with E-state index in [2.05, 4.69) is 0 Å². The van der Waals surface area contributed by atoms with Crippen LogP contribution in [-0.4, -0.2) is 45.1 Å². The number of benzene rings is 1. The molecule has 0 unspecified atom stereocenters. The van der Waals surface area contributed by atoms with Gasteiger partial charge in [0.1, 0.15) is 6.54 Å². The molecule has 0 radical (unpaired) electrons. The Morgan fingerprint density at radius 3 is 2.38 bits per heavy atom. The molecule has 1 aromatic rings. The molecular weight excluding hydrogens is 302 g/mol. The van der Waals surface area contributed by atoms with Crippen molar-refractivity contribution < 1.29 is 22.0 Å². The third-order valence-corrected chi connectivity index (χ3v) is 4.47. The molecule has 0 saturated carbocycles. The number of halogens is 2. The van der Waals surface area contributed by atoms with E-state index in [1.165, 1.54) is 0 Å². The molecule has 1 aliphatic rings. The van der Waals surface area contributed by atoms with Gasteiger partial charge in [0, 0.05) is 19.2 Å². The Hall–Kier alpha value is -1.70. The molecule has 0 N–H and O–H groups in total. The zero-order valence-electron chi connectivity index (χ0n) is 11.6. The second-order valence-electron chi connectivity index (χ2n) is 4.96. The van der Waals surface area contributed by atoms with Crippen molar-refractivity contribution in [3.05, 3.63) is 29.8 Å². The quantitative estimate of drug-likeness (QED) is 0.842. The van der Waals surface area contributed by atoms with Crippen molar-refractivity contribution in [2.24, 2.45) is 0 Å². The van der Waals surface area contributed by atoms with Crippen LogP contribution in [0.25, 0.3) is 0 Å². The van der Waals surface area contributed by atoms with Gasteiger partial charge in [0.2, 0.25) is 15.9 Å². The molecule has 5 nitrogen and oxygen atoms in total. The van der Waals surface area contributed by atoms with Crippen LogP contribution in [-0.2, 0) is 14.8 Å². The molecule has 21 heavy (non-hydrogen) atoms. The minimum absolute atomic E-state index is 0.0658. The van der Waals surface area contributed by atoms with E-state index < -0.39 is 28.2 Å². The van der Waals surface area contributed by atoms with E-state index in [4.69, 9.17) is 0 Å². The van der Waals surface area contributed by atoms with Crippen molar-refractivity contribution in [1.82, 2.24) is 4.90 Å². The van der Waals surface area contributed by atoms with Crippen LogP contribution in [0.3, 0.4) is 0 Å². The molecule has 1 amide bonds. The van der Waals surface area contributed by atoms with Gasteiger partial charge in [-0.05, 0) is 25.0 Å². The Labute approximate surface area is 122 Å². The topological polar surface area (TPSA) is 57.7 Å². The Bertz CT molecular complexity index is 643. The minimum atomic E-state index is -3.78. The van der Waals surface area contributed by atoms with Crippen molar-refractivity contribution in [2.45, 2.75) is 12.8 Å². The molecule has 1 aliphatic heterocycles. The van der Waals surface area contributed by atoms with E-state index in [9.17, 15) is 22.0 Å². The average Bonchev–Trinajstić information content (AvgIpc) is 2.92. The van der Waals surface area contributed by atoms with E-state index in [1.807, 2.05) is 0 Å². The number of amides is 1. The van der Waals surface area contributed by atoms with E-state index >= 15 is 0 Å². The monoisotopic (exact) mass is 318 g/mol. The maximum atomic E-state index is 13.3. The van der Waals surface area contributed by atoms with Gasteiger partial charge in [-0.2, -0.15) is 0 Å². The molecule has 1 aromatic carbocycles. The first-order valence-corrected chi connectivity index (χ1v) is 8.34. The predicted octanol–water partition coefficient (Wildman–Crippen LogP) is 1.35. The highest BCUT2D eigenvalue weighted by molar-refractivity contribution is 7.92. The first kappa shape index (κ1) is 15.7. The van der Waals surface area contributed by atoms with Gasteiger partial charge in [-0.15, -0.1) is 0 Å². The molecule has 0 bridgehead atoms. The zero-order chi connectivity index (χ0) is 15.6. The predicted molar refractivity (Wildman–Crippen MR) is 74.4 cm³/mol. The summed E-state index contributed by atoms with van der Waals surface area (Å²) < 4.78 is 50.6. The van der Waals surface area contributed by atoms with Crippen LogP contribution in [0.5, 0.6) is 0 Å². The number of hydrogen-bond acceptors (Lipinski definition) is 3. The molecule has 8 heteroatoms. The highest BCUT2D eigenvalue weighted by atomic mass is 32.2. The van der Waals surface area contributed by atoms with Crippen LogP contribution >= 0.6 is 0 Å². The van der Waals surface area contributed by atoms with E-state index in [0.29, 0.717) is 13.1 Å². The summed E-state index contributed by atoms with van der Waals surface area (Å²) in [5.41, 5.74) is -0.0658. The van der Waals surface area contributed by atoms with Gasteiger partial charge < -0.3 is 4.90 Å². The number of carbonyl (C=O) groups is 1. The largest absolute Gasteiger partial charge is 0.341 e. The van der Waals surface area contributed by atoms with Gasteiger partial charge >= 0.3 is 0 Å². The molecule has 0 aliphatic carbocycles. The zero-order valence-corrected chi connectivity index (χ0v) is 12.4. The van der Waals surface area contributed by atoms with Gasteiger partial charge in [-0.3, -0.25) is 9.10 Å². The van der Waals surface area contributed by atoms with Crippen molar-refractivity contribution >= 4 is 21.6 Å². The summed E-state index contributed by atoms with van der Waals surface area (Å²) in [4.78, 5) is 13.6. The number of anilines is 1. The lowest BCUT2D eigenvalue weighted by Crippen LogP contribution is -2.41. The Morgan fingerprint density at radius 1 is 1.24 bits per heavy atom. The number of carbonyl (C=O) groups excluding carboxylic acids is 1. The summed E-state index contributed by atoms with van der Waals surface area (Å²) in [5.74, 6) is -2.57. The summed E-state index contributed by atoms with van der Waals surface area (Å²) in [5, 5.41) is 0. The van der Waals surface area contributed by atoms with Gasteiger partial charge in [-0.1, -0.05) is 0 Å². The molecule has 0 spiro atoms. The second-order valence-corrected chi connectivity index (χ2v) is 6.86. The third kappa shape index (κ3) is 3.69. The lowest BCUT2D eigenvalue weighted by Gasteiger charge is -2.24. The molecule has 0 aromatic heterocycles. The molecule has 0 atom stereocenters. The van der Waals surface area contributed by atoms with Gasteiger partial charge in [0.05, 0.1) is 11.9 Å². The SMILES string of the molecule is CS(=O)(=O)N(CC(=O)N1CCCC1)c1ccc(F)c(F)c1. The van der Waals surface area contributed by atoms with Gasteiger partial charge in [-0.25, -0.2) is 17.2 Å². The summed E-state index contributed by atoms with van der Waals surface area (Å²) >= 11 is 0. The highest BCUT2D eigenvalue weighted by Gasteiger charge is 2.26. The highest BCUT2D eigenvalue weighted by Crippen LogP contribution is 2.21. The van der Waals surface area contributed by atoms with E-state index in [-0.39, 0.29) is 11.6 Å². The summed E-state index contributed by atoms with van der Waals surface area (Å²) in [7, 11) is -3.78. The first-order valence-electron chi connectivity index (χ1n) is 6.49. The van der Waals surface area contributed by atoms with E-state index in [1.54, 1.807) is 4.90 Å². The molecule has 1 heterocycles. The number of sulfonamides is 1. The minimum Gasteiger partial charge on any atom is -0.341 e. The van der Waals surface area contributed by atoms with Crippen LogP contribution in [0.4, 0.5) is 14.5 Å². The maximum absolute atomic E-state index is 13.3. The second kappa shape index (κ2) is 5.97. The smallest absolute Gasteiger partial charge is 0.243 e. The average molecular weight is 318 g/mol. The molecular formula is C13H16F2N2O3S. The molecule has 2 rings (SSSR count). The summed E-state index contributed by atoms with van der Waals surface area (Å²) in [6.07, 6.45) is 2.69. The normalized spacial score (nSPS) is 15.3. The van der Waals surface area contributed by atoms with Crippen molar-refractivity contribution in [2.75, 3.05) is 30.2 Å². The van der Waals surface area contributed by atoms with Crippen LogP contribution in [0.1, 0.15) is 12.8 Å². The fourth-order valence-corrected chi connectivity index (χ4v) is 3.07. The number of hydrogen-bond donors (Lipinski definition) is 0. The van der Waals surface area contributed by atoms with Gasteiger partial charge in [0.15, 0.2) is 11.6 Å². The molecule has 1 saturated heterocycles. The standard InChI is InChI=1S/C13H16F2N2O3S/c1-21(19,20)17(9-13(18)16-6-2-3-7-16)10-4-5-11(14)12(15)8-10/h4-5,8H,2-3,6-7,9H2,1H3. The van der Waals surface area contributed by atoms with Crippen molar-refractivity contribution in [3.8, 4) is 0 Å². The number of rotatable bonds is 4. The summed E-state index contributed by atoms with van der Waals surface area (Å²) in [6.45, 7) is 0.770. The first-order chi connectivity index (χ1) is 9.79. The molecule has 116 valence electrons. The van der Waals surface area contributed by atoms with Gasteiger partial charge in [0.25, 0.3) is 0 Å². The van der Waals surface area contributed by atoms with Crippen LogP contribution in [0, 0.1) is 11.6 Å². The molecule has 1 fully saturated rings. The van der Waals surface area contributed by atoms with Crippen LogP contribution in [0.2, 0.25) is 0 Å². The Balaban J connectivity index is 2.26. The number of likely N-dealkylation sites (tertiary alicyclic amines) is 1. The number of nitrogens with zero attached hydrogens (tertiary/aromatic N) is 2. The fraction of sp³-hybridized carbons (Fsp3) is 0.462. The van der Waals surface area contributed by atoms with Crippen molar-refractivity contribution in [1.29, 1.82) is 0 Å². The van der Waals surface area contributed by atoms with Crippen molar-refractivity contribution in [3.63, 3.8) is 0 Å². The Kier molecular flexibility index (Phi) is 4.46. The van der Waals surface area contributed by atoms with Crippen LogP contribution < -0.4 is 4.31 Å². The maximum Gasteiger partial charge on any atom is 0.243 e. The third-order valence-electron chi connectivity index (χ3n) is 3.33. The fourth-order valence-electron chi connectivity index (χ4n) is 2.23. The lowest BCUT2D eigenvalue weighted by molar-refractivity contribution is -0.128. The Morgan fingerprint density at radius 2 is 1.86 bits per heavy atom. The van der Waals surface area contributed by atoms with E-state index in [0.717, 1.165) is 41.6 Å². The lowest BCUT2D eigenvalue weighted by atomic mass is 10.3. The summed E-state index contributed by atoms with van der Waals surface area (Å²) in [6, 6.07) is 2.74. The van der Waals surface area contributed by atoms with Crippen LogP contribution in [0.15, 0.2) is 18.2 Å².